The molecule has 1 rings (SSSR count). The Morgan fingerprint density at radius 3 is 2.24 bits per heavy atom. The van der Waals surface area contributed by atoms with E-state index in [1.54, 1.807) is 13.8 Å². The van der Waals surface area contributed by atoms with Crippen LogP contribution in [0.5, 0.6) is 0 Å². The smallest absolute Gasteiger partial charge is 0.240 e. The fourth-order valence-corrected chi connectivity index (χ4v) is 2.64. The average molecular weight is 261 g/mol. The molecule has 1 aromatic rings. The first-order chi connectivity index (χ1) is 7.86. The normalized spacial score (nSPS) is 13.9. The molecule has 6 heteroatoms. The van der Waals surface area contributed by atoms with E-state index in [9.17, 15) is 12.8 Å². The van der Waals surface area contributed by atoms with Crippen molar-refractivity contribution in [3.8, 4) is 0 Å². The van der Waals surface area contributed by atoms with Crippen LogP contribution < -0.4 is 4.72 Å². The number of sulfonamides is 1. The van der Waals surface area contributed by atoms with Crippen LogP contribution in [0, 0.1) is 11.7 Å². The highest BCUT2D eigenvalue weighted by Gasteiger charge is 2.21. The van der Waals surface area contributed by atoms with E-state index in [4.69, 9.17) is 5.11 Å². The molecule has 0 aliphatic carbocycles. The van der Waals surface area contributed by atoms with E-state index < -0.39 is 21.9 Å². The molecule has 0 unspecified atom stereocenters. The molecule has 4 nitrogen and oxygen atoms in total. The third-order valence-corrected chi connectivity index (χ3v) is 3.94. The zero-order chi connectivity index (χ0) is 13.1. The number of aliphatic hydroxyl groups excluding tert-OH is 1. The molecule has 0 fully saturated rings. The quantitative estimate of drug-likeness (QED) is 0.834. The van der Waals surface area contributed by atoms with Gasteiger partial charge in [0.1, 0.15) is 5.82 Å². The van der Waals surface area contributed by atoms with Crippen LogP contribution in [0.2, 0.25) is 0 Å². The van der Waals surface area contributed by atoms with Crippen LogP contribution >= 0.6 is 0 Å². The molecule has 0 aromatic heterocycles. The Balaban J connectivity index is 2.92. The minimum atomic E-state index is -3.71. The second kappa shape index (κ2) is 5.57. The molecule has 1 atom stereocenters. The molecule has 0 saturated heterocycles. The Hall–Kier alpha value is -0.980. The second-order valence-corrected chi connectivity index (χ2v) is 5.82. The summed E-state index contributed by atoms with van der Waals surface area (Å²) in [5, 5.41) is 9.06. The van der Waals surface area contributed by atoms with Crippen LogP contribution in [0.4, 0.5) is 4.39 Å². The van der Waals surface area contributed by atoms with Gasteiger partial charge >= 0.3 is 0 Å². The molecule has 1 aromatic carbocycles. The van der Waals surface area contributed by atoms with Gasteiger partial charge in [-0.2, -0.15) is 0 Å². The summed E-state index contributed by atoms with van der Waals surface area (Å²) in [6.45, 7) is 3.32. The molecule has 0 bridgehead atoms. The highest BCUT2D eigenvalue weighted by molar-refractivity contribution is 7.89. The SMILES string of the molecule is CC(C)[C@@H](CO)NS(=O)(=O)c1ccc(F)cc1. The highest BCUT2D eigenvalue weighted by Crippen LogP contribution is 2.12. The third kappa shape index (κ3) is 3.76. The van der Waals surface area contributed by atoms with Crippen LogP contribution in [0.15, 0.2) is 29.2 Å². The Bertz CT molecular complexity index is 456. The maximum atomic E-state index is 12.7. The molecule has 0 heterocycles. The van der Waals surface area contributed by atoms with Gasteiger partial charge in [0.15, 0.2) is 0 Å². The predicted molar refractivity (Wildman–Crippen MR) is 62.4 cm³/mol. The Morgan fingerprint density at radius 2 is 1.82 bits per heavy atom. The standard InChI is InChI=1S/C11H16FNO3S/c1-8(2)11(7-14)13-17(15,16)10-5-3-9(12)4-6-10/h3-6,8,11,13-14H,7H2,1-2H3/t11-/m1/s1. The molecule has 2 N–H and O–H groups in total. The second-order valence-electron chi connectivity index (χ2n) is 4.11. The number of rotatable bonds is 5. The predicted octanol–water partition coefficient (Wildman–Crippen LogP) is 1.12. The van der Waals surface area contributed by atoms with Gasteiger partial charge in [0.25, 0.3) is 0 Å². The van der Waals surface area contributed by atoms with Gasteiger partial charge in [0, 0.05) is 6.04 Å². The maximum Gasteiger partial charge on any atom is 0.240 e. The van der Waals surface area contributed by atoms with Crippen LogP contribution in [0.3, 0.4) is 0 Å². The lowest BCUT2D eigenvalue weighted by Gasteiger charge is -2.19. The van der Waals surface area contributed by atoms with Crippen molar-refractivity contribution in [2.24, 2.45) is 5.92 Å². The van der Waals surface area contributed by atoms with E-state index >= 15 is 0 Å². The summed E-state index contributed by atoms with van der Waals surface area (Å²) in [7, 11) is -3.71. The molecular weight excluding hydrogens is 245 g/mol. The van der Waals surface area contributed by atoms with E-state index in [1.165, 1.54) is 12.1 Å². The van der Waals surface area contributed by atoms with Gasteiger partial charge < -0.3 is 5.11 Å². The number of halogens is 1. The van der Waals surface area contributed by atoms with E-state index in [2.05, 4.69) is 4.72 Å². The first kappa shape index (κ1) is 14.1. The van der Waals surface area contributed by atoms with Gasteiger partial charge in [-0.3, -0.25) is 0 Å². The number of hydrogen-bond acceptors (Lipinski definition) is 3. The molecular formula is C11H16FNO3S. The van der Waals surface area contributed by atoms with Crippen molar-refractivity contribution in [2.45, 2.75) is 24.8 Å². The van der Waals surface area contributed by atoms with E-state index in [1.807, 2.05) is 0 Å². The molecule has 0 spiro atoms. The Kier molecular flexibility index (Phi) is 4.62. The fourth-order valence-electron chi connectivity index (χ4n) is 1.27. The zero-order valence-corrected chi connectivity index (χ0v) is 10.5. The third-order valence-electron chi connectivity index (χ3n) is 2.43. The molecule has 0 amide bonds. The Labute approximate surface area is 101 Å². The molecule has 17 heavy (non-hydrogen) atoms. The first-order valence-corrected chi connectivity index (χ1v) is 6.74. The highest BCUT2D eigenvalue weighted by atomic mass is 32.2. The Morgan fingerprint density at radius 1 is 1.29 bits per heavy atom. The maximum absolute atomic E-state index is 12.7. The average Bonchev–Trinajstić information content (AvgIpc) is 2.26. The summed E-state index contributed by atoms with van der Waals surface area (Å²) in [5.74, 6) is -0.526. The lowest BCUT2D eigenvalue weighted by atomic mass is 10.1. The zero-order valence-electron chi connectivity index (χ0n) is 9.72. The van der Waals surface area contributed by atoms with Crippen molar-refractivity contribution in [3.05, 3.63) is 30.1 Å². The van der Waals surface area contributed by atoms with Crippen molar-refractivity contribution in [3.63, 3.8) is 0 Å². The minimum Gasteiger partial charge on any atom is -0.395 e. The van der Waals surface area contributed by atoms with Gasteiger partial charge in [0.05, 0.1) is 11.5 Å². The van der Waals surface area contributed by atoms with E-state index in [-0.39, 0.29) is 17.4 Å². The van der Waals surface area contributed by atoms with Crippen LogP contribution in [0.25, 0.3) is 0 Å². The van der Waals surface area contributed by atoms with Crippen molar-refractivity contribution in [1.82, 2.24) is 4.72 Å². The van der Waals surface area contributed by atoms with Crippen LogP contribution in [0.1, 0.15) is 13.8 Å². The summed E-state index contributed by atoms with van der Waals surface area (Å²) < 4.78 is 38.8. The molecule has 0 radical (unpaired) electrons. The van der Waals surface area contributed by atoms with Crippen LogP contribution in [-0.4, -0.2) is 26.2 Å². The van der Waals surface area contributed by atoms with Crippen molar-refractivity contribution in [2.75, 3.05) is 6.61 Å². The van der Waals surface area contributed by atoms with Gasteiger partial charge in [0.2, 0.25) is 10.0 Å². The number of nitrogens with one attached hydrogen (secondary N) is 1. The van der Waals surface area contributed by atoms with E-state index in [0.717, 1.165) is 12.1 Å². The summed E-state index contributed by atoms with van der Waals surface area (Å²) in [5.41, 5.74) is 0. The molecule has 96 valence electrons. The first-order valence-electron chi connectivity index (χ1n) is 5.25. The number of aliphatic hydroxyl groups is 1. The number of benzene rings is 1. The van der Waals surface area contributed by atoms with Crippen molar-refractivity contribution < 1.29 is 17.9 Å². The summed E-state index contributed by atoms with van der Waals surface area (Å²) in [4.78, 5) is -0.0157. The summed E-state index contributed by atoms with van der Waals surface area (Å²) in [6.07, 6.45) is 0. The summed E-state index contributed by atoms with van der Waals surface area (Å²) in [6, 6.07) is 3.99. The fraction of sp³-hybridized carbons (Fsp3) is 0.455. The van der Waals surface area contributed by atoms with E-state index in [0.29, 0.717) is 0 Å². The molecule has 0 aliphatic rings. The van der Waals surface area contributed by atoms with Gasteiger partial charge in [-0.05, 0) is 30.2 Å². The van der Waals surface area contributed by atoms with Gasteiger partial charge in [-0.1, -0.05) is 13.8 Å². The topological polar surface area (TPSA) is 66.4 Å². The monoisotopic (exact) mass is 261 g/mol. The largest absolute Gasteiger partial charge is 0.395 e. The molecule has 0 aliphatic heterocycles. The van der Waals surface area contributed by atoms with Crippen molar-refractivity contribution in [1.29, 1.82) is 0 Å². The van der Waals surface area contributed by atoms with Gasteiger partial charge in [-0.25, -0.2) is 17.5 Å². The van der Waals surface area contributed by atoms with Gasteiger partial charge in [-0.15, -0.1) is 0 Å². The molecule has 0 saturated carbocycles. The number of hydrogen-bond donors (Lipinski definition) is 2. The van der Waals surface area contributed by atoms with Crippen molar-refractivity contribution >= 4 is 10.0 Å². The lowest BCUT2D eigenvalue weighted by molar-refractivity contribution is 0.227. The summed E-state index contributed by atoms with van der Waals surface area (Å²) >= 11 is 0. The lowest BCUT2D eigenvalue weighted by Crippen LogP contribution is -2.41. The minimum absolute atomic E-state index is 0.0157. The van der Waals surface area contributed by atoms with Crippen LogP contribution in [-0.2, 0) is 10.0 Å².